The van der Waals surface area contributed by atoms with Crippen molar-refractivity contribution in [2.45, 2.75) is 77.8 Å². The van der Waals surface area contributed by atoms with Crippen LogP contribution in [0.5, 0.6) is 0 Å². The van der Waals surface area contributed by atoms with Crippen molar-refractivity contribution in [2.24, 2.45) is 0 Å². The van der Waals surface area contributed by atoms with Gasteiger partial charge in [0, 0.05) is 11.1 Å². The maximum atomic E-state index is 14.9. The van der Waals surface area contributed by atoms with Crippen molar-refractivity contribution >= 4 is 29.7 Å². The minimum Gasteiger partial charge on any atom is -0.292 e. The number of benzene rings is 6. The van der Waals surface area contributed by atoms with Gasteiger partial charge >= 0.3 is 23.9 Å². The number of carbonyl (C=O) groups excluding carboxylic acids is 5. The first kappa shape index (κ1) is 48.2. The molecule has 66 heavy (non-hydrogen) atoms. The van der Waals surface area contributed by atoms with Crippen molar-refractivity contribution in [2.75, 3.05) is 0 Å². The van der Waals surface area contributed by atoms with Gasteiger partial charge in [0.05, 0.1) is 22.3 Å². The molecule has 0 aliphatic carbocycles. The number of rotatable bonds is 18. The quantitative estimate of drug-likeness (QED) is 0.0456. The third-order valence-electron chi connectivity index (χ3n) is 10.6. The molecule has 0 fully saturated rings. The SMILES string of the molecule is CC(C)(OOC(=O)c1cc(C(=O)c2ccccc2)c(C(=O)OOC(C)(C)c2ccccc2)c(C(=O)OOC(C)(C)c2ccccc2)c1C(=O)OOC(C)(C)c1ccccc1)c1ccccc1. The van der Waals surface area contributed by atoms with Crippen molar-refractivity contribution < 1.29 is 63.1 Å². The van der Waals surface area contributed by atoms with Gasteiger partial charge in [-0.2, -0.15) is 19.6 Å². The summed E-state index contributed by atoms with van der Waals surface area (Å²) in [6.07, 6.45) is 0. The molecule has 0 spiro atoms. The Balaban J connectivity index is 1.57. The molecule has 6 aromatic carbocycles. The zero-order chi connectivity index (χ0) is 47.7. The van der Waals surface area contributed by atoms with E-state index in [-0.39, 0.29) is 5.56 Å². The topological polar surface area (TPSA) is 159 Å². The maximum absolute atomic E-state index is 14.9. The Bertz CT molecular complexity index is 2660. The summed E-state index contributed by atoms with van der Waals surface area (Å²) < 4.78 is 0. The van der Waals surface area contributed by atoms with Crippen LogP contribution in [0.3, 0.4) is 0 Å². The highest BCUT2D eigenvalue weighted by atomic mass is 17.2. The van der Waals surface area contributed by atoms with Crippen LogP contribution in [-0.4, -0.2) is 29.7 Å². The molecule has 0 bridgehead atoms. The molecule has 13 heteroatoms. The average molecular weight is 895 g/mol. The Kier molecular flexibility index (Phi) is 14.8. The molecule has 0 saturated carbocycles. The zero-order valence-electron chi connectivity index (χ0n) is 37.8. The van der Waals surface area contributed by atoms with E-state index in [0.717, 1.165) is 6.07 Å². The predicted octanol–water partition coefficient (Wildman–Crippen LogP) is 11.0. The second-order valence-electron chi connectivity index (χ2n) is 17.1. The molecule has 0 amide bonds. The van der Waals surface area contributed by atoms with Gasteiger partial charge in [0.2, 0.25) is 0 Å². The van der Waals surface area contributed by atoms with Gasteiger partial charge in [-0.25, -0.2) is 19.2 Å². The fraction of sp³-hybridized carbons (Fsp3) is 0.226. The first-order valence-electron chi connectivity index (χ1n) is 21.0. The Hall–Kier alpha value is -7.29. The normalized spacial score (nSPS) is 11.9. The van der Waals surface area contributed by atoms with Gasteiger partial charge in [-0.1, -0.05) is 152 Å². The van der Waals surface area contributed by atoms with Gasteiger partial charge in [-0.05, 0) is 83.7 Å². The molecule has 0 N–H and O–H groups in total. The van der Waals surface area contributed by atoms with Crippen molar-refractivity contribution in [3.8, 4) is 0 Å². The second kappa shape index (κ2) is 20.3. The summed E-state index contributed by atoms with van der Waals surface area (Å²) in [6, 6.07) is 43.6. The van der Waals surface area contributed by atoms with Crippen molar-refractivity contribution in [1.82, 2.24) is 0 Å². The van der Waals surface area contributed by atoms with Crippen LogP contribution in [0.2, 0.25) is 0 Å². The summed E-state index contributed by atoms with van der Waals surface area (Å²) in [7, 11) is 0. The minimum atomic E-state index is -1.52. The van der Waals surface area contributed by atoms with Gasteiger partial charge in [-0.15, -0.1) is 0 Å². The third-order valence-corrected chi connectivity index (χ3v) is 10.6. The van der Waals surface area contributed by atoms with Crippen LogP contribution in [0.25, 0.3) is 0 Å². The Labute approximate surface area is 382 Å². The van der Waals surface area contributed by atoms with E-state index < -0.39 is 79.9 Å². The predicted molar refractivity (Wildman–Crippen MR) is 240 cm³/mol. The van der Waals surface area contributed by atoms with Gasteiger partial charge in [-0.3, -0.25) is 24.3 Å². The van der Waals surface area contributed by atoms with E-state index in [9.17, 15) is 24.0 Å². The van der Waals surface area contributed by atoms with Crippen LogP contribution < -0.4 is 0 Å². The molecular weight excluding hydrogens is 845 g/mol. The number of ketones is 1. The largest absolute Gasteiger partial charge is 0.374 e. The summed E-state index contributed by atoms with van der Waals surface area (Å²) in [4.78, 5) is 118. The fourth-order valence-electron chi connectivity index (χ4n) is 6.68. The second-order valence-corrected chi connectivity index (χ2v) is 17.1. The molecule has 340 valence electrons. The highest BCUT2D eigenvalue weighted by Gasteiger charge is 2.41. The first-order valence-corrected chi connectivity index (χ1v) is 21.0. The number of carbonyl (C=O) groups is 5. The number of hydrogen-bond acceptors (Lipinski definition) is 13. The lowest BCUT2D eigenvalue weighted by molar-refractivity contribution is -0.314. The molecule has 6 rings (SSSR count). The standard InChI is InChI=1S/C53H50O13/c1-50(2,36-26-16-10-17-27-36)63-59-46(55)41-34-40(45(54)35-24-14-9-15-25-35)42(47(56)60-64-51(3,4)37-28-18-11-19-29-37)44(49(58)62-66-53(7,8)39-32-22-13-23-33-39)43(41)48(57)61-65-52(5,6)38-30-20-12-21-31-38/h9-34H,1-8H3. The molecule has 0 aromatic heterocycles. The molecule has 0 atom stereocenters. The number of hydrogen-bond donors (Lipinski definition) is 0. The highest BCUT2D eigenvalue weighted by molar-refractivity contribution is 6.22. The first-order chi connectivity index (χ1) is 31.3. The summed E-state index contributed by atoms with van der Waals surface area (Å²) in [6.45, 7) is 12.9. The van der Waals surface area contributed by atoms with Crippen LogP contribution >= 0.6 is 0 Å². The monoisotopic (exact) mass is 894 g/mol. The van der Waals surface area contributed by atoms with Crippen molar-refractivity contribution in [3.63, 3.8) is 0 Å². The van der Waals surface area contributed by atoms with Crippen LogP contribution in [0.4, 0.5) is 0 Å². The van der Waals surface area contributed by atoms with Gasteiger partial charge in [0.15, 0.2) is 5.78 Å². The van der Waals surface area contributed by atoms with E-state index in [4.69, 9.17) is 39.1 Å². The summed E-state index contributed by atoms with van der Waals surface area (Å²) in [5.74, 6) is -6.71. The van der Waals surface area contributed by atoms with E-state index in [1.165, 1.54) is 12.1 Å². The Morgan fingerprint density at radius 1 is 0.318 bits per heavy atom. The summed E-state index contributed by atoms with van der Waals surface area (Å²) in [5.41, 5.74) is -6.99. The molecule has 13 nitrogen and oxygen atoms in total. The lowest BCUT2D eigenvalue weighted by Crippen LogP contribution is -2.31. The molecular formula is C53H50O13. The molecule has 0 radical (unpaired) electrons. The minimum absolute atomic E-state index is 0.0157. The molecule has 0 unspecified atom stereocenters. The summed E-state index contributed by atoms with van der Waals surface area (Å²) >= 11 is 0. The highest BCUT2D eigenvalue weighted by Crippen LogP contribution is 2.35. The third kappa shape index (κ3) is 11.3. The van der Waals surface area contributed by atoms with Crippen molar-refractivity contribution in [3.05, 3.63) is 213 Å². The van der Waals surface area contributed by atoms with Crippen LogP contribution in [0.15, 0.2) is 158 Å². The van der Waals surface area contributed by atoms with Crippen LogP contribution in [0, 0.1) is 0 Å². The fourth-order valence-corrected chi connectivity index (χ4v) is 6.68. The summed E-state index contributed by atoms with van der Waals surface area (Å²) in [5, 5.41) is 0. The Morgan fingerprint density at radius 3 is 0.894 bits per heavy atom. The molecule has 0 aliphatic rings. The Morgan fingerprint density at radius 2 is 0.576 bits per heavy atom. The maximum Gasteiger partial charge on any atom is 0.374 e. The zero-order valence-corrected chi connectivity index (χ0v) is 37.8. The van der Waals surface area contributed by atoms with E-state index in [1.54, 1.807) is 195 Å². The van der Waals surface area contributed by atoms with Gasteiger partial charge < -0.3 is 0 Å². The average Bonchev–Trinajstić information content (AvgIpc) is 3.34. The van der Waals surface area contributed by atoms with Crippen molar-refractivity contribution in [1.29, 1.82) is 0 Å². The van der Waals surface area contributed by atoms with E-state index in [1.807, 2.05) is 0 Å². The lowest BCUT2D eigenvalue weighted by atomic mass is 9.87. The van der Waals surface area contributed by atoms with Crippen LogP contribution in [-0.2, 0) is 61.5 Å². The van der Waals surface area contributed by atoms with Crippen LogP contribution in [0.1, 0.15) is 135 Å². The van der Waals surface area contributed by atoms with Gasteiger partial charge in [0.1, 0.15) is 22.4 Å². The van der Waals surface area contributed by atoms with E-state index in [0.29, 0.717) is 22.3 Å². The molecule has 0 aliphatic heterocycles. The molecule has 6 aromatic rings. The molecule has 0 saturated heterocycles. The van der Waals surface area contributed by atoms with Gasteiger partial charge in [0.25, 0.3) is 0 Å². The molecule has 0 heterocycles. The van der Waals surface area contributed by atoms with E-state index in [2.05, 4.69) is 0 Å². The smallest absolute Gasteiger partial charge is 0.292 e. The lowest BCUT2D eigenvalue weighted by Gasteiger charge is -2.26. The van der Waals surface area contributed by atoms with E-state index >= 15 is 0 Å².